The molecule has 6 heteroatoms. The first-order valence-corrected chi connectivity index (χ1v) is 7.77. The molecule has 0 bridgehead atoms. The van der Waals surface area contributed by atoms with Crippen LogP contribution in [0.25, 0.3) is 0 Å². The van der Waals surface area contributed by atoms with Crippen molar-refractivity contribution < 1.29 is 12.8 Å². The summed E-state index contributed by atoms with van der Waals surface area (Å²) in [6.45, 7) is 4.10. The second kappa shape index (κ2) is 5.34. The van der Waals surface area contributed by atoms with Crippen LogP contribution in [0.5, 0.6) is 0 Å². The van der Waals surface area contributed by atoms with E-state index >= 15 is 0 Å². The lowest BCUT2D eigenvalue weighted by atomic mass is 10.2. The molecule has 1 N–H and O–H groups in total. The molecule has 0 amide bonds. The summed E-state index contributed by atoms with van der Waals surface area (Å²) in [4.78, 5) is 2.18. The molecule has 18 heavy (non-hydrogen) atoms. The third-order valence-corrected chi connectivity index (χ3v) is 4.17. The highest BCUT2D eigenvalue weighted by Crippen LogP contribution is 2.16. The highest BCUT2D eigenvalue weighted by atomic mass is 32.2. The Bertz CT molecular complexity index is 525. The van der Waals surface area contributed by atoms with Gasteiger partial charge >= 0.3 is 0 Å². The monoisotopic (exact) mass is 272 g/mol. The zero-order valence-electron chi connectivity index (χ0n) is 10.3. The zero-order valence-corrected chi connectivity index (χ0v) is 11.1. The SMILES string of the molecule is CS(=O)(=O)c1ccc(CN2CCNCC2)c(F)c1. The van der Waals surface area contributed by atoms with E-state index in [2.05, 4.69) is 10.2 Å². The number of sulfone groups is 1. The van der Waals surface area contributed by atoms with Crippen LogP contribution in [0.3, 0.4) is 0 Å². The molecule has 0 atom stereocenters. The van der Waals surface area contributed by atoms with Gasteiger partial charge in [0.15, 0.2) is 9.84 Å². The highest BCUT2D eigenvalue weighted by Gasteiger charge is 2.14. The molecule has 0 spiro atoms. The second-order valence-electron chi connectivity index (χ2n) is 4.55. The minimum absolute atomic E-state index is 0.0315. The van der Waals surface area contributed by atoms with Gasteiger partial charge in [0.2, 0.25) is 0 Å². The first-order valence-electron chi connectivity index (χ1n) is 5.88. The van der Waals surface area contributed by atoms with E-state index in [9.17, 15) is 12.8 Å². The van der Waals surface area contributed by atoms with Gasteiger partial charge in [-0.25, -0.2) is 12.8 Å². The fourth-order valence-electron chi connectivity index (χ4n) is 2.00. The van der Waals surface area contributed by atoms with Crippen LogP contribution in [-0.4, -0.2) is 45.8 Å². The van der Waals surface area contributed by atoms with Crippen LogP contribution in [0.15, 0.2) is 23.1 Å². The molecular formula is C12H17FN2O2S. The largest absolute Gasteiger partial charge is 0.314 e. The maximum Gasteiger partial charge on any atom is 0.175 e. The average Bonchev–Trinajstić information content (AvgIpc) is 2.32. The van der Waals surface area contributed by atoms with E-state index in [1.54, 1.807) is 6.07 Å². The molecule has 100 valence electrons. The van der Waals surface area contributed by atoms with Crippen LogP contribution in [0, 0.1) is 5.82 Å². The van der Waals surface area contributed by atoms with E-state index in [0.29, 0.717) is 12.1 Å². The molecule has 1 saturated heterocycles. The van der Waals surface area contributed by atoms with Gasteiger partial charge in [-0.05, 0) is 12.1 Å². The maximum absolute atomic E-state index is 13.8. The summed E-state index contributed by atoms with van der Waals surface area (Å²) in [5.41, 5.74) is 0.546. The molecule has 1 aromatic carbocycles. The van der Waals surface area contributed by atoms with Crippen molar-refractivity contribution in [1.29, 1.82) is 0 Å². The number of halogens is 1. The lowest BCUT2D eigenvalue weighted by Crippen LogP contribution is -2.43. The smallest absolute Gasteiger partial charge is 0.175 e. The molecular weight excluding hydrogens is 255 g/mol. The summed E-state index contributed by atoms with van der Waals surface area (Å²) >= 11 is 0. The van der Waals surface area contributed by atoms with Gasteiger partial charge < -0.3 is 5.32 Å². The fourth-order valence-corrected chi connectivity index (χ4v) is 2.63. The first-order chi connectivity index (χ1) is 8.47. The van der Waals surface area contributed by atoms with Crippen LogP contribution in [0.2, 0.25) is 0 Å². The second-order valence-corrected chi connectivity index (χ2v) is 6.57. The third-order valence-electron chi connectivity index (χ3n) is 3.06. The van der Waals surface area contributed by atoms with Gasteiger partial charge in [0.1, 0.15) is 5.82 Å². The highest BCUT2D eigenvalue weighted by molar-refractivity contribution is 7.90. The molecule has 2 rings (SSSR count). The van der Waals surface area contributed by atoms with Gasteiger partial charge in [-0.3, -0.25) is 4.90 Å². The molecule has 0 aromatic heterocycles. The van der Waals surface area contributed by atoms with Crippen molar-refractivity contribution in [2.24, 2.45) is 0 Å². The van der Waals surface area contributed by atoms with Crippen molar-refractivity contribution in [2.45, 2.75) is 11.4 Å². The van der Waals surface area contributed by atoms with Gasteiger partial charge in [0.25, 0.3) is 0 Å². The summed E-state index contributed by atoms with van der Waals surface area (Å²) in [5, 5.41) is 3.23. The summed E-state index contributed by atoms with van der Waals surface area (Å²) in [6.07, 6.45) is 1.08. The number of hydrogen-bond acceptors (Lipinski definition) is 4. The van der Waals surface area contributed by atoms with E-state index in [0.717, 1.165) is 38.5 Å². The summed E-state index contributed by atoms with van der Waals surface area (Å²) in [6, 6.07) is 4.14. The van der Waals surface area contributed by atoms with Crippen molar-refractivity contribution >= 4 is 9.84 Å². The standard InChI is InChI=1S/C12H17FN2O2S/c1-18(16,17)11-3-2-10(12(13)8-11)9-15-6-4-14-5-7-15/h2-3,8,14H,4-7,9H2,1H3. The molecule has 0 saturated carbocycles. The Balaban J connectivity index is 2.14. The van der Waals surface area contributed by atoms with Gasteiger partial charge in [-0.15, -0.1) is 0 Å². The molecule has 0 radical (unpaired) electrons. The molecule has 1 heterocycles. The molecule has 1 aromatic rings. The molecule has 4 nitrogen and oxygen atoms in total. The summed E-state index contributed by atoms with van der Waals surface area (Å²) < 4.78 is 36.4. The fraction of sp³-hybridized carbons (Fsp3) is 0.500. The summed E-state index contributed by atoms with van der Waals surface area (Å²) in [5.74, 6) is -0.448. The van der Waals surface area contributed by atoms with Crippen LogP contribution in [0.4, 0.5) is 4.39 Å². The molecule has 1 fully saturated rings. The van der Waals surface area contributed by atoms with E-state index < -0.39 is 15.7 Å². The van der Waals surface area contributed by atoms with Gasteiger partial charge in [-0.2, -0.15) is 0 Å². The molecule has 1 aliphatic rings. The lowest BCUT2D eigenvalue weighted by Gasteiger charge is -2.27. The minimum Gasteiger partial charge on any atom is -0.314 e. The third kappa shape index (κ3) is 3.28. The Hall–Kier alpha value is -0.980. The van der Waals surface area contributed by atoms with Gasteiger partial charge in [0.05, 0.1) is 4.90 Å². The molecule has 1 aliphatic heterocycles. The first kappa shape index (κ1) is 13.5. The number of nitrogens with zero attached hydrogens (tertiary/aromatic N) is 1. The number of hydrogen-bond donors (Lipinski definition) is 1. The Kier molecular flexibility index (Phi) is 3.99. The normalized spacial score (nSPS) is 17.9. The van der Waals surface area contributed by atoms with E-state index in [1.807, 2.05) is 0 Å². The molecule has 0 unspecified atom stereocenters. The van der Waals surface area contributed by atoms with Gasteiger partial charge in [0, 0.05) is 44.5 Å². The zero-order chi connectivity index (χ0) is 13.2. The topological polar surface area (TPSA) is 49.4 Å². The van der Waals surface area contributed by atoms with Crippen molar-refractivity contribution in [3.63, 3.8) is 0 Å². The van der Waals surface area contributed by atoms with Crippen LogP contribution in [-0.2, 0) is 16.4 Å². The lowest BCUT2D eigenvalue weighted by molar-refractivity contribution is 0.230. The van der Waals surface area contributed by atoms with E-state index in [1.165, 1.54) is 6.07 Å². The van der Waals surface area contributed by atoms with Crippen molar-refractivity contribution in [3.8, 4) is 0 Å². The predicted octanol–water partition coefficient (Wildman–Crippen LogP) is 0.634. The maximum atomic E-state index is 13.8. The van der Waals surface area contributed by atoms with Crippen LogP contribution < -0.4 is 5.32 Å². The molecule has 0 aliphatic carbocycles. The van der Waals surface area contributed by atoms with Crippen molar-refractivity contribution in [1.82, 2.24) is 10.2 Å². The number of piperazine rings is 1. The number of rotatable bonds is 3. The van der Waals surface area contributed by atoms with E-state index in [-0.39, 0.29) is 4.90 Å². The van der Waals surface area contributed by atoms with E-state index in [4.69, 9.17) is 0 Å². The van der Waals surface area contributed by atoms with Gasteiger partial charge in [-0.1, -0.05) is 6.07 Å². The average molecular weight is 272 g/mol. The van der Waals surface area contributed by atoms with Crippen LogP contribution >= 0.6 is 0 Å². The van der Waals surface area contributed by atoms with Crippen molar-refractivity contribution in [3.05, 3.63) is 29.6 Å². The predicted molar refractivity (Wildman–Crippen MR) is 67.7 cm³/mol. The quantitative estimate of drug-likeness (QED) is 0.877. The summed E-state index contributed by atoms with van der Waals surface area (Å²) in [7, 11) is -3.34. The van der Waals surface area contributed by atoms with Crippen molar-refractivity contribution in [2.75, 3.05) is 32.4 Å². The minimum atomic E-state index is -3.34. The Labute approximate surface area is 107 Å². The number of nitrogens with one attached hydrogen (secondary N) is 1. The van der Waals surface area contributed by atoms with Crippen LogP contribution in [0.1, 0.15) is 5.56 Å². The Morgan fingerprint density at radius 2 is 2.00 bits per heavy atom. The number of benzene rings is 1. The Morgan fingerprint density at radius 3 is 2.56 bits per heavy atom. The Morgan fingerprint density at radius 1 is 1.33 bits per heavy atom.